The lowest BCUT2D eigenvalue weighted by Gasteiger charge is -2.28. The van der Waals surface area contributed by atoms with Gasteiger partial charge in [-0.3, -0.25) is 0 Å². The van der Waals surface area contributed by atoms with E-state index >= 15 is 0 Å². The van der Waals surface area contributed by atoms with Crippen molar-refractivity contribution in [2.45, 2.75) is 12.8 Å². The van der Waals surface area contributed by atoms with Gasteiger partial charge in [0.2, 0.25) is 0 Å². The maximum absolute atomic E-state index is 12.2. The highest BCUT2D eigenvalue weighted by Crippen LogP contribution is 2.42. The van der Waals surface area contributed by atoms with Gasteiger partial charge in [-0.1, -0.05) is 35.3 Å². The standard InChI is InChI=1S/C15H13Cl2N3O2/c1-7-11(15(21)22-2)12(9(6-18)14(19)20-7)8-4-3-5-10(16)13(8)17/h3-5,12,20H,19H2,1-2H3. The van der Waals surface area contributed by atoms with Gasteiger partial charge in [-0.15, -0.1) is 0 Å². The number of allylic oxidation sites excluding steroid dienone is 2. The molecule has 1 heterocycles. The molecule has 0 radical (unpaired) electrons. The van der Waals surface area contributed by atoms with Crippen molar-refractivity contribution >= 4 is 29.2 Å². The number of nitriles is 1. The van der Waals surface area contributed by atoms with E-state index in [0.29, 0.717) is 16.3 Å². The van der Waals surface area contributed by atoms with Crippen molar-refractivity contribution in [1.82, 2.24) is 5.32 Å². The minimum atomic E-state index is -0.732. The topological polar surface area (TPSA) is 88.1 Å². The zero-order valence-electron chi connectivity index (χ0n) is 11.9. The lowest BCUT2D eigenvalue weighted by atomic mass is 9.82. The number of nitrogens with two attached hydrogens (primary N) is 1. The van der Waals surface area contributed by atoms with E-state index in [1.54, 1.807) is 25.1 Å². The monoisotopic (exact) mass is 337 g/mol. The lowest BCUT2D eigenvalue weighted by Crippen LogP contribution is -2.32. The van der Waals surface area contributed by atoms with Crippen LogP contribution < -0.4 is 11.1 Å². The Morgan fingerprint density at radius 2 is 2.14 bits per heavy atom. The Labute approximate surface area is 137 Å². The molecule has 1 unspecified atom stereocenters. The highest BCUT2D eigenvalue weighted by Gasteiger charge is 2.35. The average Bonchev–Trinajstić information content (AvgIpc) is 2.49. The van der Waals surface area contributed by atoms with Gasteiger partial charge in [0.15, 0.2) is 0 Å². The summed E-state index contributed by atoms with van der Waals surface area (Å²) in [6.07, 6.45) is 0. The molecule has 0 saturated carbocycles. The Bertz CT molecular complexity index is 748. The molecule has 7 heteroatoms. The van der Waals surface area contributed by atoms with Gasteiger partial charge in [-0.05, 0) is 18.6 Å². The van der Waals surface area contributed by atoms with Crippen LogP contribution in [0.3, 0.4) is 0 Å². The molecule has 1 aromatic carbocycles. The molecule has 5 nitrogen and oxygen atoms in total. The van der Waals surface area contributed by atoms with E-state index in [9.17, 15) is 10.1 Å². The number of rotatable bonds is 2. The molecule has 0 saturated heterocycles. The number of hydrogen-bond donors (Lipinski definition) is 2. The Balaban J connectivity index is 2.74. The van der Waals surface area contributed by atoms with E-state index < -0.39 is 11.9 Å². The van der Waals surface area contributed by atoms with Gasteiger partial charge in [0.05, 0.1) is 40.3 Å². The van der Waals surface area contributed by atoms with Crippen LogP contribution in [0.2, 0.25) is 10.0 Å². The van der Waals surface area contributed by atoms with Gasteiger partial charge in [0.1, 0.15) is 5.82 Å². The SMILES string of the molecule is COC(=O)C1=C(C)NC(N)=C(C#N)C1c1cccc(Cl)c1Cl. The van der Waals surface area contributed by atoms with Gasteiger partial charge in [-0.2, -0.15) is 5.26 Å². The van der Waals surface area contributed by atoms with E-state index in [1.165, 1.54) is 7.11 Å². The summed E-state index contributed by atoms with van der Waals surface area (Å²) in [7, 11) is 1.27. The molecular formula is C15H13Cl2N3O2. The number of carbonyl (C=O) groups is 1. The summed E-state index contributed by atoms with van der Waals surface area (Å²) in [6, 6.07) is 7.05. The smallest absolute Gasteiger partial charge is 0.336 e. The molecule has 0 fully saturated rings. The third kappa shape index (κ3) is 2.63. The minimum Gasteiger partial charge on any atom is -0.466 e. The molecule has 0 aliphatic carbocycles. The quantitative estimate of drug-likeness (QED) is 0.810. The van der Waals surface area contributed by atoms with Crippen LogP contribution in [0.25, 0.3) is 0 Å². The lowest BCUT2D eigenvalue weighted by molar-refractivity contribution is -0.136. The van der Waals surface area contributed by atoms with Crippen LogP contribution >= 0.6 is 23.2 Å². The molecule has 0 bridgehead atoms. The van der Waals surface area contributed by atoms with Crippen LogP contribution in [0.4, 0.5) is 0 Å². The zero-order valence-corrected chi connectivity index (χ0v) is 13.4. The molecule has 0 amide bonds. The second-order valence-electron chi connectivity index (χ2n) is 4.67. The largest absolute Gasteiger partial charge is 0.466 e. The molecule has 114 valence electrons. The number of nitrogens with zero attached hydrogens (tertiary/aromatic N) is 1. The van der Waals surface area contributed by atoms with E-state index in [2.05, 4.69) is 5.32 Å². The number of halogens is 2. The summed E-state index contributed by atoms with van der Waals surface area (Å²) in [6.45, 7) is 1.68. The van der Waals surface area contributed by atoms with Crippen molar-refractivity contribution in [3.05, 3.63) is 56.5 Å². The molecule has 1 aromatic rings. The second-order valence-corrected chi connectivity index (χ2v) is 5.46. The summed E-state index contributed by atoms with van der Waals surface area (Å²) in [5.74, 6) is -1.12. The Morgan fingerprint density at radius 3 is 2.73 bits per heavy atom. The third-order valence-electron chi connectivity index (χ3n) is 3.41. The first-order valence-corrected chi connectivity index (χ1v) is 7.07. The molecule has 1 aliphatic rings. The number of benzene rings is 1. The van der Waals surface area contributed by atoms with Crippen LogP contribution in [0.15, 0.2) is 40.9 Å². The Morgan fingerprint density at radius 1 is 1.45 bits per heavy atom. The molecule has 3 N–H and O–H groups in total. The maximum atomic E-state index is 12.2. The Hall–Kier alpha value is -2.16. The Kier molecular flexibility index (Phi) is 4.65. The summed E-state index contributed by atoms with van der Waals surface area (Å²) in [5, 5.41) is 12.8. The van der Waals surface area contributed by atoms with Crippen LogP contribution in [-0.2, 0) is 9.53 Å². The molecule has 0 spiro atoms. The summed E-state index contributed by atoms with van der Waals surface area (Å²) in [5.41, 5.74) is 7.38. The van der Waals surface area contributed by atoms with Gasteiger partial charge in [-0.25, -0.2) is 4.79 Å². The normalized spacial score (nSPS) is 17.9. The van der Waals surface area contributed by atoms with Crippen LogP contribution in [0.1, 0.15) is 18.4 Å². The van der Waals surface area contributed by atoms with Gasteiger partial charge in [0, 0.05) is 5.70 Å². The van der Waals surface area contributed by atoms with Crippen molar-refractivity contribution in [3.63, 3.8) is 0 Å². The second kappa shape index (κ2) is 6.30. The predicted molar refractivity (Wildman–Crippen MR) is 83.9 cm³/mol. The predicted octanol–water partition coefficient (Wildman–Crippen LogP) is 2.82. The maximum Gasteiger partial charge on any atom is 0.336 e. The van der Waals surface area contributed by atoms with Crippen molar-refractivity contribution in [3.8, 4) is 6.07 Å². The minimum absolute atomic E-state index is 0.175. The van der Waals surface area contributed by atoms with Crippen molar-refractivity contribution in [2.75, 3.05) is 7.11 Å². The van der Waals surface area contributed by atoms with Gasteiger partial charge >= 0.3 is 5.97 Å². The summed E-state index contributed by atoms with van der Waals surface area (Å²) >= 11 is 12.3. The number of esters is 1. The molecule has 0 aromatic heterocycles. The van der Waals surface area contributed by atoms with Crippen molar-refractivity contribution < 1.29 is 9.53 Å². The molecule has 1 atom stereocenters. The number of dihydropyridines is 1. The van der Waals surface area contributed by atoms with Gasteiger partial charge < -0.3 is 15.8 Å². The molecule has 1 aliphatic heterocycles. The van der Waals surface area contributed by atoms with Crippen molar-refractivity contribution in [1.29, 1.82) is 5.26 Å². The van der Waals surface area contributed by atoms with Crippen molar-refractivity contribution in [2.24, 2.45) is 5.73 Å². The summed E-state index contributed by atoms with van der Waals surface area (Å²) < 4.78 is 4.82. The highest BCUT2D eigenvalue weighted by atomic mass is 35.5. The van der Waals surface area contributed by atoms with E-state index in [0.717, 1.165) is 0 Å². The molecular weight excluding hydrogens is 325 g/mol. The fraction of sp³-hybridized carbons (Fsp3) is 0.200. The average molecular weight is 338 g/mol. The fourth-order valence-electron chi connectivity index (χ4n) is 2.41. The number of carbonyl (C=O) groups excluding carboxylic acids is 1. The first-order chi connectivity index (χ1) is 10.4. The highest BCUT2D eigenvalue weighted by molar-refractivity contribution is 6.42. The van der Waals surface area contributed by atoms with Crippen LogP contribution in [-0.4, -0.2) is 13.1 Å². The number of methoxy groups -OCH3 is 1. The van der Waals surface area contributed by atoms with E-state index in [1.807, 2.05) is 6.07 Å². The number of hydrogen-bond acceptors (Lipinski definition) is 5. The number of ether oxygens (including phenoxy) is 1. The first kappa shape index (κ1) is 16.2. The van der Waals surface area contributed by atoms with Crippen LogP contribution in [0.5, 0.6) is 0 Å². The zero-order chi connectivity index (χ0) is 16.4. The number of nitrogens with one attached hydrogen (secondary N) is 1. The third-order valence-corrected chi connectivity index (χ3v) is 4.25. The first-order valence-electron chi connectivity index (χ1n) is 6.32. The fourth-order valence-corrected chi connectivity index (χ4v) is 2.83. The van der Waals surface area contributed by atoms with E-state index in [4.69, 9.17) is 33.7 Å². The molecule has 2 rings (SSSR count). The molecule has 22 heavy (non-hydrogen) atoms. The van der Waals surface area contributed by atoms with Gasteiger partial charge in [0.25, 0.3) is 0 Å². The summed E-state index contributed by atoms with van der Waals surface area (Å²) in [4.78, 5) is 12.2. The van der Waals surface area contributed by atoms with Crippen LogP contribution in [0, 0.1) is 11.3 Å². The van der Waals surface area contributed by atoms with E-state index in [-0.39, 0.29) is 22.0 Å².